The molecule has 0 aliphatic carbocycles. The van der Waals surface area contributed by atoms with Crippen molar-refractivity contribution < 1.29 is 4.79 Å². The van der Waals surface area contributed by atoms with Crippen LogP contribution in [0.1, 0.15) is 19.7 Å². The van der Waals surface area contributed by atoms with Gasteiger partial charge >= 0.3 is 0 Å². The summed E-state index contributed by atoms with van der Waals surface area (Å²) in [7, 11) is 5.58. The van der Waals surface area contributed by atoms with Gasteiger partial charge in [-0.25, -0.2) is 0 Å². The second-order valence-corrected chi connectivity index (χ2v) is 4.37. The minimum absolute atomic E-state index is 0.0839. The van der Waals surface area contributed by atoms with Crippen molar-refractivity contribution in [1.82, 2.24) is 24.6 Å². The molecular weight excluding hydrogens is 218 g/mol. The quantitative estimate of drug-likeness (QED) is 0.737. The predicted octanol–water partition coefficient (Wildman–Crippen LogP) is 0.207. The molecule has 0 bridgehead atoms. The molecule has 6 nitrogen and oxygen atoms in total. The van der Waals surface area contributed by atoms with Crippen molar-refractivity contribution in [2.45, 2.75) is 33.0 Å². The van der Waals surface area contributed by atoms with Crippen LogP contribution in [0.15, 0.2) is 6.33 Å². The van der Waals surface area contributed by atoms with Gasteiger partial charge in [0, 0.05) is 13.6 Å². The lowest BCUT2D eigenvalue weighted by Gasteiger charge is -2.25. The Bertz CT molecular complexity index is 374. The van der Waals surface area contributed by atoms with Crippen LogP contribution in [0.4, 0.5) is 0 Å². The first-order chi connectivity index (χ1) is 7.97. The van der Waals surface area contributed by atoms with Crippen molar-refractivity contribution in [3.63, 3.8) is 0 Å². The number of carbonyl (C=O) groups excluding carboxylic acids is 1. The molecule has 0 fully saturated rings. The fraction of sp³-hybridized carbons (Fsp3) is 0.727. The van der Waals surface area contributed by atoms with Gasteiger partial charge in [0.2, 0.25) is 5.91 Å². The third kappa shape index (κ3) is 3.26. The Hall–Kier alpha value is -1.43. The first-order valence-corrected chi connectivity index (χ1v) is 5.75. The summed E-state index contributed by atoms with van der Waals surface area (Å²) in [6.45, 7) is 5.22. The first-order valence-electron chi connectivity index (χ1n) is 5.75. The van der Waals surface area contributed by atoms with E-state index in [-0.39, 0.29) is 11.9 Å². The Morgan fingerprint density at radius 3 is 2.65 bits per heavy atom. The van der Waals surface area contributed by atoms with E-state index in [1.807, 2.05) is 37.4 Å². The molecule has 1 atom stereocenters. The molecule has 0 saturated heterocycles. The predicted molar refractivity (Wildman–Crippen MR) is 65.3 cm³/mol. The van der Waals surface area contributed by atoms with Crippen molar-refractivity contribution in [2.75, 3.05) is 21.1 Å². The third-order valence-electron chi connectivity index (χ3n) is 2.92. The van der Waals surface area contributed by atoms with Gasteiger partial charge in [-0.15, -0.1) is 10.2 Å². The molecule has 96 valence electrons. The molecule has 0 unspecified atom stereocenters. The smallest absolute Gasteiger partial charge is 0.239 e. The van der Waals surface area contributed by atoms with Gasteiger partial charge in [-0.05, 0) is 27.9 Å². The summed E-state index contributed by atoms with van der Waals surface area (Å²) in [5.41, 5.74) is 0. The maximum atomic E-state index is 12.0. The molecule has 0 saturated carbocycles. The van der Waals surface area contributed by atoms with Gasteiger partial charge in [0.25, 0.3) is 0 Å². The number of rotatable bonds is 5. The van der Waals surface area contributed by atoms with E-state index in [9.17, 15) is 4.79 Å². The standard InChI is InChI=1S/C11H21N5O/c1-6-16-8-12-13-10(16)7-15(5)11(17)9(2)14(3)4/h8-9H,6-7H2,1-5H3/t9-/m1/s1. The monoisotopic (exact) mass is 239 g/mol. The van der Waals surface area contributed by atoms with Crippen molar-refractivity contribution in [2.24, 2.45) is 0 Å². The number of nitrogens with zero attached hydrogens (tertiary/aromatic N) is 5. The van der Waals surface area contributed by atoms with Crippen molar-refractivity contribution in [3.05, 3.63) is 12.2 Å². The van der Waals surface area contributed by atoms with Gasteiger partial charge in [-0.1, -0.05) is 0 Å². The molecular formula is C11H21N5O. The maximum Gasteiger partial charge on any atom is 0.239 e. The second kappa shape index (κ2) is 5.77. The Kier molecular flexibility index (Phi) is 4.62. The molecule has 1 aromatic heterocycles. The number of aromatic nitrogens is 3. The number of hydrogen-bond acceptors (Lipinski definition) is 4. The molecule has 0 spiro atoms. The minimum atomic E-state index is -0.127. The zero-order chi connectivity index (χ0) is 13.0. The van der Waals surface area contributed by atoms with Crippen LogP contribution >= 0.6 is 0 Å². The van der Waals surface area contributed by atoms with E-state index in [4.69, 9.17) is 0 Å². The van der Waals surface area contributed by atoms with Crippen LogP contribution in [0.3, 0.4) is 0 Å². The van der Waals surface area contributed by atoms with E-state index < -0.39 is 0 Å². The number of carbonyl (C=O) groups is 1. The summed E-state index contributed by atoms with van der Waals surface area (Å²) in [6.07, 6.45) is 1.68. The average molecular weight is 239 g/mol. The van der Waals surface area contributed by atoms with Crippen molar-refractivity contribution in [1.29, 1.82) is 0 Å². The lowest BCUT2D eigenvalue weighted by Crippen LogP contribution is -2.42. The molecule has 0 radical (unpaired) electrons. The second-order valence-electron chi connectivity index (χ2n) is 4.37. The highest BCUT2D eigenvalue weighted by Gasteiger charge is 2.20. The van der Waals surface area contributed by atoms with Gasteiger partial charge in [0.05, 0.1) is 12.6 Å². The van der Waals surface area contributed by atoms with Gasteiger partial charge in [-0.3, -0.25) is 9.69 Å². The Balaban J connectivity index is 2.66. The van der Waals surface area contributed by atoms with Crippen LogP contribution < -0.4 is 0 Å². The van der Waals surface area contributed by atoms with Gasteiger partial charge in [0.1, 0.15) is 6.33 Å². The van der Waals surface area contributed by atoms with E-state index in [0.29, 0.717) is 6.54 Å². The minimum Gasteiger partial charge on any atom is -0.337 e. The summed E-state index contributed by atoms with van der Waals surface area (Å²) < 4.78 is 1.93. The largest absolute Gasteiger partial charge is 0.337 e. The summed E-state index contributed by atoms with van der Waals surface area (Å²) >= 11 is 0. The van der Waals surface area contributed by atoms with Crippen LogP contribution in [0, 0.1) is 0 Å². The molecule has 1 aromatic rings. The highest BCUT2D eigenvalue weighted by Crippen LogP contribution is 2.04. The Morgan fingerprint density at radius 2 is 2.12 bits per heavy atom. The molecule has 1 rings (SSSR count). The van der Waals surface area contributed by atoms with E-state index in [1.54, 1.807) is 18.3 Å². The zero-order valence-corrected chi connectivity index (χ0v) is 11.2. The molecule has 0 aliphatic heterocycles. The summed E-state index contributed by atoms with van der Waals surface area (Å²) in [4.78, 5) is 15.6. The van der Waals surface area contributed by atoms with Gasteiger partial charge in [-0.2, -0.15) is 0 Å². The van der Waals surface area contributed by atoms with Gasteiger partial charge < -0.3 is 9.47 Å². The van der Waals surface area contributed by atoms with Crippen molar-refractivity contribution >= 4 is 5.91 Å². The topological polar surface area (TPSA) is 54.3 Å². The molecule has 1 amide bonds. The van der Waals surface area contributed by atoms with Crippen LogP contribution in [-0.4, -0.2) is 57.7 Å². The normalized spacial score (nSPS) is 12.8. The van der Waals surface area contributed by atoms with Crippen LogP contribution in [0.25, 0.3) is 0 Å². The van der Waals surface area contributed by atoms with Crippen LogP contribution in [0.5, 0.6) is 0 Å². The Labute approximate surface area is 102 Å². The number of aryl methyl sites for hydroxylation is 1. The summed E-state index contributed by atoms with van der Waals surface area (Å²) in [5, 5.41) is 7.87. The number of likely N-dealkylation sites (N-methyl/N-ethyl adjacent to an activating group) is 2. The average Bonchev–Trinajstić information content (AvgIpc) is 2.73. The fourth-order valence-corrected chi connectivity index (χ4v) is 1.50. The Morgan fingerprint density at radius 1 is 1.47 bits per heavy atom. The molecule has 1 heterocycles. The molecule has 17 heavy (non-hydrogen) atoms. The molecule has 0 aromatic carbocycles. The summed E-state index contributed by atoms with van der Waals surface area (Å²) in [6, 6.07) is -0.127. The fourth-order valence-electron chi connectivity index (χ4n) is 1.50. The highest BCUT2D eigenvalue weighted by molar-refractivity contribution is 5.81. The van der Waals surface area contributed by atoms with Crippen LogP contribution in [-0.2, 0) is 17.9 Å². The molecule has 6 heteroatoms. The number of amides is 1. The van der Waals surface area contributed by atoms with E-state index >= 15 is 0 Å². The van der Waals surface area contributed by atoms with Crippen molar-refractivity contribution in [3.8, 4) is 0 Å². The lowest BCUT2D eigenvalue weighted by molar-refractivity contribution is -0.134. The first kappa shape index (κ1) is 13.6. The molecule has 0 N–H and O–H groups in total. The van der Waals surface area contributed by atoms with E-state index in [1.165, 1.54) is 0 Å². The van der Waals surface area contributed by atoms with E-state index in [0.717, 1.165) is 12.4 Å². The van der Waals surface area contributed by atoms with Crippen LogP contribution in [0.2, 0.25) is 0 Å². The van der Waals surface area contributed by atoms with E-state index in [2.05, 4.69) is 10.2 Å². The molecule has 0 aliphatic rings. The lowest BCUT2D eigenvalue weighted by atomic mass is 10.2. The maximum absolute atomic E-state index is 12.0. The SMILES string of the molecule is CCn1cnnc1CN(C)C(=O)[C@@H](C)N(C)C. The third-order valence-corrected chi connectivity index (χ3v) is 2.92. The zero-order valence-electron chi connectivity index (χ0n) is 11.2. The van der Waals surface area contributed by atoms with Gasteiger partial charge in [0.15, 0.2) is 5.82 Å². The highest BCUT2D eigenvalue weighted by atomic mass is 16.2. The summed E-state index contributed by atoms with van der Waals surface area (Å²) in [5.74, 6) is 0.898. The number of hydrogen-bond donors (Lipinski definition) is 0.